The van der Waals surface area contributed by atoms with Crippen molar-refractivity contribution in [1.82, 2.24) is 20.2 Å². The molecule has 1 saturated heterocycles. The van der Waals surface area contributed by atoms with Crippen LogP contribution in [-0.4, -0.2) is 58.8 Å². The van der Waals surface area contributed by atoms with E-state index in [0.717, 1.165) is 50.7 Å². The Labute approximate surface area is 206 Å². The molecule has 36 heavy (non-hydrogen) atoms. The minimum atomic E-state index is -0.791. The third-order valence-corrected chi connectivity index (χ3v) is 5.83. The first-order chi connectivity index (χ1) is 17.4. The van der Waals surface area contributed by atoms with E-state index < -0.39 is 29.4 Å². The van der Waals surface area contributed by atoms with E-state index in [9.17, 15) is 23.2 Å². The lowest BCUT2D eigenvalue weighted by atomic mass is 10.1. The molecule has 0 spiro atoms. The van der Waals surface area contributed by atoms with E-state index in [2.05, 4.69) is 30.8 Å². The van der Waals surface area contributed by atoms with Gasteiger partial charge in [-0.2, -0.15) is 0 Å². The molecule has 11 heteroatoms. The molecule has 0 radical (unpaired) electrons. The van der Waals surface area contributed by atoms with E-state index in [0.29, 0.717) is 6.54 Å². The summed E-state index contributed by atoms with van der Waals surface area (Å²) in [4.78, 5) is 46.4. The first-order valence-electron chi connectivity index (χ1n) is 11.6. The molecular weight excluding hydrogens is 470 g/mol. The van der Waals surface area contributed by atoms with Gasteiger partial charge in [0.05, 0.1) is 12.0 Å². The van der Waals surface area contributed by atoms with Crippen LogP contribution in [0.4, 0.5) is 20.2 Å². The molecule has 0 atom stereocenters. The summed E-state index contributed by atoms with van der Waals surface area (Å²) in [5.41, 5.74) is 0.0374. The van der Waals surface area contributed by atoms with Crippen LogP contribution in [0.2, 0.25) is 0 Å². The van der Waals surface area contributed by atoms with Crippen molar-refractivity contribution in [1.29, 1.82) is 0 Å². The van der Waals surface area contributed by atoms with Gasteiger partial charge in [-0.25, -0.2) is 13.8 Å². The molecule has 1 aliphatic heterocycles. The molecule has 3 amide bonds. The second kappa shape index (κ2) is 11.5. The molecule has 0 bridgehead atoms. The number of amides is 3. The number of imidazole rings is 1. The predicted octanol–water partition coefficient (Wildman–Crippen LogP) is 3.41. The van der Waals surface area contributed by atoms with Crippen molar-refractivity contribution in [2.45, 2.75) is 19.3 Å². The number of H-pyrrole nitrogens is 1. The van der Waals surface area contributed by atoms with Crippen molar-refractivity contribution in [3.8, 4) is 0 Å². The summed E-state index contributed by atoms with van der Waals surface area (Å²) in [5, 5.41) is 7.69. The highest BCUT2D eigenvalue weighted by atomic mass is 19.1. The smallest absolute Gasteiger partial charge is 0.276 e. The standard InChI is InChI=1S/C25H26F2N6O3/c26-17-6-4-16(5-7-17)23(34)32-20-9-8-18(14-19(20)27)31-25(36)22-21(29-15-30-22)24(35)28-10-13-33-11-2-1-3-12-33/h4-9,14-15H,1-3,10-13H2,(H,28,35)(H,29,30)(H,31,36)(H,32,34). The number of carbonyl (C=O) groups is 3. The number of aromatic amines is 1. The van der Waals surface area contributed by atoms with Gasteiger partial charge in [0.2, 0.25) is 0 Å². The third kappa shape index (κ3) is 6.30. The first-order valence-corrected chi connectivity index (χ1v) is 11.6. The highest BCUT2D eigenvalue weighted by Crippen LogP contribution is 2.21. The molecule has 4 rings (SSSR count). The lowest BCUT2D eigenvalue weighted by molar-refractivity contribution is 0.0929. The Hall–Kier alpha value is -4.12. The van der Waals surface area contributed by atoms with Gasteiger partial charge in [0, 0.05) is 24.3 Å². The van der Waals surface area contributed by atoms with Gasteiger partial charge in [-0.15, -0.1) is 0 Å². The van der Waals surface area contributed by atoms with E-state index in [1.165, 1.54) is 37.0 Å². The highest BCUT2D eigenvalue weighted by molar-refractivity contribution is 6.10. The molecule has 4 N–H and O–H groups in total. The van der Waals surface area contributed by atoms with Crippen molar-refractivity contribution in [3.05, 3.63) is 77.4 Å². The Bertz CT molecular complexity index is 1240. The number of rotatable bonds is 8. The van der Waals surface area contributed by atoms with Crippen LogP contribution in [0.5, 0.6) is 0 Å². The molecule has 0 aliphatic carbocycles. The Balaban J connectivity index is 1.34. The van der Waals surface area contributed by atoms with Gasteiger partial charge in [-0.3, -0.25) is 14.4 Å². The van der Waals surface area contributed by atoms with Crippen molar-refractivity contribution >= 4 is 29.1 Å². The van der Waals surface area contributed by atoms with Crippen molar-refractivity contribution < 1.29 is 23.2 Å². The van der Waals surface area contributed by atoms with Crippen LogP contribution in [0.3, 0.4) is 0 Å². The molecule has 2 aromatic carbocycles. The van der Waals surface area contributed by atoms with E-state index in [-0.39, 0.29) is 28.3 Å². The van der Waals surface area contributed by atoms with Gasteiger partial charge >= 0.3 is 0 Å². The van der Waals surface area contributed by atoms with E-state index in [1.807, 2.05) is 0 Å². The second-order valence-electron chi connectivity index (χ2n) is 8.39. The zero-order valence-corrected chi connectivity index (χ0v) is 19.4. The molecule has 188 valence electrons. The molecule has 1 aliphatic rings. The number of carbonyl (C=O) groups excluding carboxylic acids is 3. The number of anilines is 2. The van der Waals surface area contributed by atoms with Crippen molar-refractivity contribution in [2.75, 3.05) is 36.8 Å². The second-order valence-corrected chi connectivity index (χ2v) is 8.39. The molecular formula is C25H26F2N6O3. The summed E-state index contributed by atoms with van der Waals surface area (Å²) >= 11 is 0. The molecule has 0 unspecified atom stereocenters. The Kier molecular flexibility index (Phi) is 8.01. The summed E-state index contributed by atoms with van der Waals surface area (Å²) < 4.78 is 27.6. The van der Waals surface area contributed by atoms with Gasteiger partial charge in [-0.1, -0.05) is 6.42 Å². The average molecular weight is 497 g/mol. The number of likely N-dealkylation sites (tertiary alicyclic amines) is 1. The Morgan fingerprint density at radius 1 is 0.917 bits per heavy atom. The molecule has 1 aromatic heterocycles. The number of piperidine rings is 1. The van der Waals surface area contributed by atoms with Crippen LogP contribution >= 0.6 is 0 Å². The van der Waals surface area contributed by atoms with Crippen LogP contribution in [0.25, 0.3) is 0 Å². The van der Waals surface area contributed by atoms with Crippen LogP contribution in [0.1, 0.15) is 50.6 Å². The van der Waals surface area contributed by atoms with Crippen molar-refractivity contribution in [2.24, 2.45) is 0 Å². The summed E-state index contributed by atoms with van der Waals surface area (Å²) in [6, 6.07) is 8.52. The summed E-state index contributed by atoms with van der Waals surface area (Å²) in [6.07, 6.45) is 4.78. The van der Waals surface area contributed by atoms with Gasteiger partial charge in [0.1, 0.15) is 17.3 Å². The van der Waals surface area contributed by atoms with Crippen LogP contribution < -0.4 is 16.0 Å². The van der Waals surface area contributed by atoms with Crippen LogP contribution in [0.15, 0.2) is 48.8 Å². The molecule has 9 nitrogen and oxygen atoms in total. The fraction of sp³-hybridized carbons (Fsp3) is 0.280. The zero-order chi connectivity index (χ0) is 25.5. The van der Waals surface area contributed by atoms with E-state index in [1.54, 1.807) is 0 Å². The van der Waals surface area contributed by atoms with Gasteiger partial charge in [0.25, 0.3) is 17.7 Å². The van der Waals surface area contributed by atoms with Gasteiger partial charge < -0.3 is 25.8 Å². The maximum Gasteiger partial charge on any atom is 0.276 e. The summed E-state index contributed by atoms with van der Waals surface area (Å²) in [7, 11) is 0. The molecule has 0 saturated carbocycles. The quantitative estimate of drug-likeness (QED) is 0.381. The summed E-state index contributed by atoms with van der Waals surface area (Å²) in [6.45, 7) is 3.19. The number of nitrogens with zero attached hydrogens (tertiary/aromatic N) is 2. The minimum Gasteiger partial charge on any atom is -0.349 e. The lowest BCUT2D eigenvalue weighted by Crippen LogP contribution is -2.38. The highest BCUT2D eigenvalue weighted by Gasteiger charge is 2.21. The average Bonchev–Trinajstić information content (AvgIpc) is 3.37. The van der Waals surface area contributed by atoms with E-state index in [4.69, 9.17) is 0 Å². The minimum absolute atomic E-state index is 0.00907. The summed E-state index contributed by atoms with van der Waals surface area (Å²) in [5.74, 6) is -3.05. The largest absolute Gasteiger partial charge is 0.349 e. The number of nitrogens with one attached hydrogen (secondary N) is 4. The predicted molar refractivity (Wildman–Crippen MR) is 130 cm³/mol. The normalized spacial score (nSPS) is 13.7. The number of hydrogen-bond donors (Lipinski definition) is 4. The number of benzene rings is 2. The number of halogens is 2. The maximum absolute atomic E-state index is 14.6. The molecule has 3 aromatic rings. The topological polar surface area (TPSA) is 119 Å². The maximum atomic E-state index is 14.6. The zero-order valence-electron chi connectivity index (χ0n) is 19.4. The van der Waals surface area contributed by atoms with Gasteiger partial charge in [0.15, 0.2) is 5.69 Å². The monoisotopic (exact) mass is 496 g/mol. The fourth-order valence-corrected chi connectivity index (χ4v) is 3.92. The number of aromatic nitrogens is 2. The van der Waals surface area contributed by atoms with Crippen LogP contribution in [-0.2, 0) is 0 Å². The number of hydrogen-bond acceptors (Lipinski definition) is 5. The Morgan fingerprint density at radius 2 is 1.67 bits per heavy atom. The van der Waals surface area contributed by atoms with Crippen LogP contribution in [0, 0.1) is 11.6 Å². The molecule has 1 fully saturated rings. The third-order valence-electron chi connectivity index (χ3n) is 5.83. The fourth-order valence-electron chi connectivity index (χ4n) is 3.92. The lowest BCUT2D eigenvalue weighted by Gasteiger charge is -2.26. The van der Waals surface area contributed by atoms with Crippen molar-refractivity contribution in [3.63, 3.8) is 0 Å². The van der Waals surface area contributed by atoms with Gasteiger partial charge in [-0.05, 0) is 68.4 Å². The molecule has 2 heterocycles. The Morgan fingerprint density at radius 3 is 2.39 bits per heavy atom. The van der Waals surface area contributed by atoms with E-state index >= 15 is 0 Å². The SMILES string of the molecule is O=C(Nc1ccc(NC(=O)c2nc[nH]c2C(=O)NCCN2CCCCC2)cc1F)c1ccc(F)cc1. The first kappa shape index (κ1) is 25.0.